The lowest BCUT2D eigenvalue weighted by atomic mass is 10.1. The number of nitrogens with zero attached hydrogens (tertiary/aromatic N) is 1. The van der Waals surface area contributed by atoms with Crippen LogP contribution >= 0.6 is 0 Å². The lowest BCUT2D eigenvalue weighted by Gasteiger charge is -2.31. The number of hydrogen-bond acceptors (Lipinski definition) is 4. The van der Waals surface area contributed by atoms with Crippen molar-refractivity contribution in [1.82, 2.24) is 4.90 Å². The SMILES string of the molecule is OC1CCN(C[C@@H](O)c2ccc(OCc3ccccc3)cc2)CC1. The fraction of sp³-hybridized carbons (Fsp3) is 0.400. The Labute approximate surface area is 143 Å². The van der Waals surface area contributed by atoms with Crippen molar-refractivity contribution >= 4 is 0 Å². The van der Waals surface area contributed by atoms with E-state index in [-0.39, 0.29) is 6.10 Å². The summed E-state index contributed by atoms with van der Waals surface area (Å²) in [6.45, 7) is 2.84. The highest BCUT2D eigenvalue weighted by atomic mass is 16.5. The van der Waals surface area contributed by atoms with Crippen molar-refractivity contribution in [3.8, 4) is 5.75 Å². The van der Waals surface area contributed by atoms with Crippen molar-refractivity contribution in [3.05, 3.63) is 65.7 Å². The molecule has 4 nitrogen and oxygen atoms in total. The van der Waals surface area contributed by atoms with Gasteiger partial charge >= 0.3 is 0 Å². The van der Waals surface area contributed by atoms with Crippen LogP contribution in [0.25, 0.3) is 0 Å². The molecule has 1 heterocycles. The summed E-state index contributed by atoms with van der Waals surface area (Å²) in [4.78, 5) is 2.21. The lowest BCUT2D eigenvalue weighted by molar-refractivity contribution is 0.0508. The molecule has 0 unspecified atom stereocenters. The lowest BCUT2D eigenvalue weighted by Crippen LogP contribution is -2.38. The van der Waals surface area contributed by atoms with Crippen LogP contribution in [0.4, 0.5) is 0 Å². The van der Waals surface area contributed by atoms with E-state index < -0.39 is 6.10 Å². The fourth-order valence-electron chi connectivity index (χ4n) is 2.98. The van der Waals surface area contributed by atoms with Gasteiger partial charge in [0.05, 0.1) is 12.2 Å². The third kappa shape index (κ3) is 4.81. The Hall–Kier alpha value is -1.88. The van der Waals surface area contributed by atoms with Crippen molar-refractivity contribution in [2.45, 2.75) is 31.7 Å². The van der Waals surface area contributed by atoms with E-state index in [4.69, 9.17) is 4.74 Å². The molecular formula is C20H25NO3. The molecule has 4 heteroatoms. The van der Waals surface area contributed by atoms with Gasteiger partial charge in [-0.15, -0.1) is 0 Å². The van der Waals surface area contributed by atoms with E-state index in [1.807, 2.05) is 54.6 Å². The Morgan fingerprint density at radius 3 is 2.33 bits per heavy atom. The molecular weight excluding hydrogens is 302 g/mol. The topological polar surface area (TPSA) is 52.9 Å². The number of hydrogen-bond donors (Lipinski definition) is 2. The highest BCUT2D eigenvalue weighted by Crippen LogP contribution is 2.21. The van der Waals surface area contributed by atoms with E-state index >= 15 is 0 Å². The van der Waals surface area contributed by atoms with Crippen LogP contribution in [-0.2, 0) is 6.61 Å². The maximum atomic E-state index is 10.4. The number of benzene rings is 2. The first-order valence-corrected chi connectivity index (χ1v) is 8.56. The third-order valence-corrected chi connectivity index (χ3v) is 4.50. The predicted octanol–water partition coefficient (Wildman–Crippen LogP) is 2.76. The van der Waals surface area contributed by atoms with Crippen LogP contribution < -0.4 is 4.74 Å². The number of β-amino-alcohol motifs (C(OH)–C–C–N with tert-alkyl or cyclic N) is 1. The predicted molar refractivity (Wildman–Crippen MR) is 93.9 cm³/mol. The van der Waals surface area contributed by atoms with Gasteiger partial charge in [-0.1, -0.05) is 42.5 Å². The van der Waals surface area contributed by atoms with Crippen LogP contribution in [0.5, 0.6) is 5.75 Å². The fourth-order valence-corrected chi connectivity index (χ4v) is 2.98. The Bertz CT molecular complexity index is 607. The number of rotatable bonds is 6. The standard InChI is InChI=1S/C20H25NO3/c22-18-10-12-21(13-11-18)14-20(23)17-6-8-19(9-7-17)24-15-16-4-2-1-3-5-16/h1-9,18,20,22-23H,10-15H2/t20-/m1/s1. The average Bonchev–Trinajstić information content (AvgIpc) is 2.63. The summed E-state index contributed by atoms with van der Waals surface area (Å²) in [6.07, 6.45) is 0.890. The average molecular weight is 327 g/mol. The number of piperidine rings is 1. The zero-order valence-electron chi connectivity index (χ0n) is 13.8. The molecule has 1 atom stereocenters. The maximum absolute atomic E-state index is 10.4. The Morgan fingerprint density at radius 1 is 1.00 bits per heavy atom. The minimum absolute atomic E-state index is 0.181. The Kier molecular flexibility index (Phi) is 5.86. The monoisotopic (exact) mass is 327 g/mol. The molecule has 2 N–H and O–H groups in total. The summed E-state index contributed by atoms with van der Waals surface area (Å²) in [6, 6.07) is 17.7. The molecule has 1 aliphatic heterocycles. The molecule has 2 aromatic rings. The molecule has 1 saturated heterocycles. The van der Waals surface area contributed by atoms with E-state index in [1.165, 1.54) is 0 Å². The molecule has 0 bridgehead atoms. The van der Waals surface area contributed by atoms with Gasteiger partial charge in [-0.2, -0.15) is 0 Å². The van der Waals surface area contributed by atoms with Crippen molar-refractivity contribution in [1.29, 1.82) is 0 Å². The maximum Gasteiger partial charge on any atom is 0.119 e. The molecule has 0 aliphatic carbocycles. The molecule has 24 heavy (non-hydrogen) atoms. The third-order valence-electron chi connectivity index (χ3n) is 4.50. The summed E-state index contributed by atoms with van der Waals surface area (Å²) in [5.74, 6) is 0.802. The smallest absolute Gasteiger partial charge is 0.119 e. The van der Waals surface area contributed by atoms with Crippen LogP contribution in [0.1, 0.15) is 30.1 Å². The van der Waals surface area contributed by atoms with Gasteiger partial charge in [0.15, 0.2) is 0 Å². The van der Waals surface area contributed by atoms with Crippen molar-refractivity contribution in [3.63, 3.8) is 0 Å². The number of aliphatic hydroxyl groups excluding tert-OH is 2. The summed E-state index contributed by atoms with van der Waals surface area (Å²) in [5.41, 5.74) is 2.03. The van der Waals surface area contributed by atoms with Gasteiger partial charge in [-0.25, -0.2) is 0 Å². The van der Waals surface area contributed by atoms with E-state index in [2.05, 4.69) is 4.90 Å². The molecule has 3 rings (SSSR count). The zero-order chi connectivity index (χ0) is 16.8. The largest absolute Gasteiger partial charge is 0.489 e. The van der Waals surface area contributed by atoms with E-state index in [0.29, 0.717) is 13.2 Å². The van der Waals surface area contributed by atoms with Gasteiger partial charge in [-0.3, -0.25) is 0 Å². The summed E-state index contributed by atoms with van der Waals surface area (Å²) in [7, 11) is 0. The van der Waals surface area contributed by atoms with Gasteiger partial charge in [0.1, 0.15) is 12.4 Å². The van der Waals surface area contributed by atoms with E-state index in [1.54, 1.807) is 0 Å². The molecule has 1 fully saturated rings. The van der Waals surface area contributed by atoms with Crippen LogP contribution in [0.15, 0.2) is 54.6 Å². The second-order valence-electron chi connectivity index (χ2n) is 6.39. The zero-order valence-corrected chi connectivity index (χ0v) is 13.8. The van der Waals surface area contributed by atoms with Crippen LogP contribution in [-0.4, -0.2) is 40.9 Å². The minimum Gasteiger partial charge on any atom is -0.489 e. The van der Waals surface area contributed by atoms with Crippen LogP contribution in [0.3, 0.4) is 0 Å². The molecule has 0 amide bonds. The van der Waals surface area contributed by atoms with Crippen molar-refractivity contribution < 1.29 is 14.9 Å². The normalized spacial score (nSPS) is 17.6. The number of ether oxygens (including phenoxy) is 1. The van der Waals surface area contributed by atoms with E-state index in [9.17, 15) is 10.2 Å². The van der Waals surface area contributed by atoms with Gasteiger partial charge in [-0.05, 0) is 36.1 Å². The number of likely N-dealkylation sites (tertiary alicyclic amines) is 1. The highest BCUT2D eigenvalue weighted by Gasteiger charge is 2.19. The van der Waals surface area contributed by atoms with Crippen LogP contribution in [0, 0.1) is 0 Å². The van der Waals surface area contributed by atoms with Crippen molar-refractivity contribution in [2.75, 3.05) is 19.6 Å². The second kappa shape index (κ2) is 8.29. The Balaban J connectivity index is 1.50. The van der Waals surface area contributed by atoms with Gasteiger partial charge in [0, 0.05) is 19.6 Å². The molecule has 0 spiro atoms. The van der Waals surface area contributed by atoms with Gasteiger partial charge < -0.3 is 19.8 Å². The second-order valence-corrected chi connectivity index (χ2v) is 6.39. The summed E-state index contributed by atoms with van der Waals surface area (Å²) in [5, 5.41) is 19.9. The van der Waals surface area contributed by atoms with Gasteiger partial charge in [0.2, 0.25) is 0 Å². The first-order chi connectivity index (χ1) is 11.7. The molecule has 128 valence electrons. The molecule has 1 aliphatic rings. The first kappa shape index (κ1) is 17.0. The minimum atomic E-state index is -0.511. The van der Waals surface area contributed by atoms with Crippen molar-refractivity contribution in [2.24, 2.45) is 0 Å². The Morgan fingerprint density at radius 2 is 1.67 bits per heavy atom. The first-order valence-electron chi connectivity index (χ1n) is 8.56. The molecule has 0 saturated carbocycles. The number of aliphatic hydroxyl groups is 2. The molecule has 0 aromatic heterocycles. The van der Waals surface area contributed by atoms with Gasteiger partial charge in [0.25, 0.3) is 0 Å². The quantitative estimate of drug-likeness (QED) is 0.857. The summed E-state index contributed by atoms with van der Waals surface area (Å²) < 4.78 is 5.77. The molecule has 2 aromatic carbocycles. The van der Waals surface area contributed by atoms with Crippen LogP contribution in [0.2, 0.25) is 0 Å². The van der Waals surface area contributed by atoms with E-state index in [0.717, 1.165) is 42.8 Å². The molecule has 0 radical (unpaired) electrons. The summed E-state index contributed by atoms with van der Waals surface area (Å²) >= 11 is 0. The highest BCUT2D eigenvalue weighted by molar-refractivity contribution is 5.29.